The Hall–Kier alpha value is -1.30. The number of aliphatic hydroxyl groups is 2. The van der Waals surface area contributed by atoms with Gasteiger partial charge >= 0.3 is 0 Å². The van der Waals surface area contributed by atoms with Crippen LogP contribution in [-0.4, -0.2) is 40.2 Å². The molecule has 2 heterocycles. The van der Waals surface area contributed by atoms with Gasteiger partial charge in [-0.15, -0.1) is 0 Å². The van der Waals surface area contributed by atoms with Gasteiger partial charge < -0.3 is 25.2 Å². The number of nitrogens with one attached hydrogen (secondary N) is 1. The maximum absolute atomic E-state index is 9.62. The summed E-state index contributed by atoms with van der Waals surface area (Å²) >= 11 is 0. The lowest BCUT2D eigenvalue weighted by atomic mass is 10.2. The first-order chi connectivity index (χ1) is 7.61. The molecule has 5 nitrogen and oxygen atoms in total. The molecule has 3 N–H and O–H groups in total. The van der Waals surface area contributed by atoms with Crippen molar-refractivity contribution in [2.24, 2.45) is 0 Å². The highest BCUT2D eigenvalue weighted by molar-refractivity contribution is 5.23. The van der Waals surface area contributed by atoms with Crippen LogP contribution < -0.4 is 5.32 Å². The largest absolute Gasteiger partial charge is 0.394 e. The second-order valence-corrected chi connectivity index (χ2v) is 3.93. The summed E-state index contributed by atoms with van der Waals surface area (Å²) in [4.78, 5) is 1.79. The predicted octanol–water partition coefficient (Wildman–Crippen LogP) is -0.142. The zero-order chi connectivity index (χ0) is 11.7. The van der Waals surface area contributed by atoms with Gasteiger partial charge in [0.1, 0.15) is 18.2 Å². The zero-order valence-corrected chi connectivity index (χ0v) is 8.97. The molecule has 3 unspecified atom stereocenters. The Balaban J connectivity index is 2.07. The van der Waals surface area contributed by atoms with E-state index in [9.17, 15) is 5.11 Å². The molecule has 0 saturated carbocycles. The monoisotopic (exact) mass is 224 g/mol. The Morgan fingerprint density at radius 2 is 2.31 bits per heavy atom. The maximum atomic E-state index is 9.62. The average Bonchev–Trinajstić information content (AvgIpc) is 2.59. The molecule has 0 amide bonds. The van der Waals surface area contributed by atoms with Gasteiger partial charge in [0, 0.05) is 18.3 Å². The van der Waals surface area contributed by atoms with Gasteiger partial charge in [-0.2, -0.15) is 0 Å². The molecule has 2 aliphatic heterocycles. The summed E-state index contributed by atoms with van der Waals surface area (Å²) in [5, 5.41) is 21.6. The van der Waals surface area contributed by atoms with E-state index in [0.717, 1.165) is 5.70 Å². The van der Waals surface area contributed by atoms with Crippen molar-refractivity contribution < 1.29 is 14.9 Å². The summed E-state index contributed by atoms with van der Waals surface area (Å²) in [6.07, 6.45) is 2.60. The topological polar surface area (TPSA) is 65.0 Å². The van der Waals surface area contributed by atoms with E-state index < -0.39 is 12.2 Å². The molecule has 0 aromatic heterocycles. The van der Waals surface area contributed by atoms with Crippen molar-refractivity contribution in [3.05, 3.63) is 37.0 Å². The van der Waals surface area contributed by atoms with Crippen molar-refractivity contribution in [1.82, 2.24) is 10.2 Å². The van der Waals surface area contributed by atoms with Crippen molar-refractivity contribution in [2.75, 3.05) is 6.61 Å². The summed E-state index contributed by atoms with van der Waals surface area (Å²) in [6, 6.07) is 0. The smallest absolute Gasteiger partial charge is 0.138 e. The van der Waals surface area contributed by atoms with Crippen LogP contribution in [0.2, 0.25) is 0 Å². The summed E-state index contributed by atoms with van der Waals surface area (Å²) in [6.45, 7) is 7.42. The normalized spacial score (nSPS) is 34.4. The van der Waals surface area contributed by atoms with E-state index in [2.05, 4.69) is 18.5 Å². The Morgan fingerprint density at radius 3 is 2.88 bits per heavy atom. The van der Waals surface area contributed by atoms with Gasteiger partial charge in [0.05, 0.1) is 12.7 Å². The molecule has 0 spiro atoms. The fourth-order valence-corrected chi connectivity index (χ4v) is 1.87. The van der Waals surface area contributed by atoms with Crippen molar-refractivity contribution >= 4 is 0 Å². The molecule has 5 heteroatoms. The third-order valence-electron chi connectivity index (χ3n) is 2.75. The lowest BCUT2D eigenvalue weighted by molar-refractivity contribution is -0.0575. The van der Waals surface area contributed by atoms with Crippen LogP contribution in [0.15, 0.2) is 37.0 Å². The molecule has 1 fully saturated rings. The molecule has 2 aliphatic rings. The van der Waals surface area contributed by atoms with Crippen LogP contribution >= 0.6 is 0 Å². The van der Waals surface area contributed by atoms with Crippen molar-refractivity contribution in [3.63, 3.8) is 0 Å². The first kappa shape index (κ1) is 11.2. The minimum Gasteiger partial charge on any atom is -0.394 e. The Kier molecular flexibility index (Phi) is 3.00. The van der Waals surface area contributed by atoms with E-state index >= 15 is 0 Å². The van der Waals surface area contributed by atoms with E-state index in [0.29, 0.717) is 12.2 Å². The Morgan fingerprint density at radius 1 is 1.56 bits per heavy atom. The molecule has 0 aliphatic carbocycles. The lowest BCUT2D eigenvalue weighted by Crippen LogP contribution is -2.37. The Labute approximate surface area is 94.3 Å². The van der Waals surface area contributed by atoms with Gasteiger partial charge in [-0.1, -0.05) is 13.2 Å². The van der Waals surface area contributed by atoms with Crippen LogP contribution in [0.25, 0.3) is 0 Å². The van der Waals surface area contributed by atoms with Crippen LogP contribution in [0.5, 0.6) is 0 Å². The minimum absolute atomic E-state index is 0.179. The lowest BCUT2D eigenvalue weighted by Gasteiger charge is -2.32. The third kappa shape index (κ3) is 1.97. The second kappa shape index (κ2) is 4.29. The predicted molar refractivity (Wildman–Crippen MR) is 58.8 cm³/mol. The minimum atomic E-state index is -0.638. The van der Waals surface area contributed by atoms with E-state index in [4.69, 9.17) is 9.84 Å². The molecule has 1 saturated heterocycles. The molecule has 0 radical (unpaired) electrons. The van der Waals surface area contributed by atoms with Crippen LogP contribution in [0, 0.1) is 0 Å². The standard InChI is InChI=1S/C11H16N2O3/c1-7-3-4-13(8(2)12-7)11-5-9(15)10(6-14)16-11/h3-4,9-12,14-15H,1-2,5-6H2. The van der Waals surface area contributed by atoms with E-state index in [1.165, 1.54) is 0 Å². The molecule has 88 valence electrons. The van der Waals surface area contributed by atoms with E-state index in [1.54, 1.807) is 17.2 Å². The van der Waals surface area contributed by atoms with Crippen molar-refractivity contribution in [3.8, 4) is 0 Å². The van der Waals surface area contributed by atoms with Gasteiger partial charge in [-0.05, 0) is 6.08 Å². The summed E-state index contributed by atoms with van der Waals surface area (Å²) < 4.78 is 5.51. The van der Waals surface area contributed by atoms with Gasteiger partial charge in [0.25, 0.3) is 0 Å². The summed E-state index contributed by atoms with van der Waals surface area (Å²) in [5.74, 6) is 0.656. The average molecular weight is 224 g/mol. The molecule has 0 bridgehead atoms. The zero-order valence-electron chi connectivity index (χ0n) is 8.97. The fourth-order valence-electron chi connectivity index (χ4n) is 1.87. The summed E-state index contributed by atoms with van der Waals surface area (Å²) in [5.41, 5.74) is 0.763. The first-order valence-electron chi connectivity index (χ1n) is 5.17. The molecule has 16 heavy (non-hydrogen) atoms. The molecular weight excluding hydrogens is 208 g/mol. The first-order valence-corrected chi connectivity index (χ1v) is 5.17. The SMILES string of the molecule is C=C1C=CN(C2CC(O)C(CO)O2)C(=C)N1. The summed E-state index contributed by atoms with van der Waals surface area (Å²) in [7, 11) is 0. The van der Waals surface area contributed by atoms with E-state index in [-0.39, 0.29) is 12.8 Å². The highest BCUT2D eigenvalue weighted by Crippen LogP contribution is 2.26. The van der Waals surface area contributed by atoms with Crippen LogP contribution in [0.3, 0.4) is 0 Å². The number of nitrogens with zero attached hydrogens (tertiary/aromatic N) is 1. The number of hydrogen-bond donors (Lipinski definition) is 3. The van der Waals surface area contributed by atoms with Gasteiger partial charge in [0.2, 0.25) is 0 Å². The van der Waals surface area contributed by atoms with Gasteiger partial charge in [-0.25, -0.2) is 0 Å². The number of ether oxygens (including phenoxy) is 1. The highest BCUT2D eigenvalue weighted by atomic mass is 16.5. The number of aliphatic hydroxyl groups excluding tert-OH is 2. The van der Waals surface area contributed by atoms with Gasteiger partial charge in [-0.3, -0.25) is 0 Å². The quantitative estimate of drug-likeness (QED) is 0.609. The fraction of sp³-hybridized carbons (Fsp3) is 0.455. The number of rotatable bonds is 2. The number of hydrogen-bond acceptors (Lipinski definition) is 5. The van der Waals surface area contributed by atoms with Crippen molar-refractivity contribution in [1.29, 1.82) is 0 Å². The third-order valence-corrected chi connectivity index (χ3v) is 2.75. The van der Waals surface area contributed by atoms with Crippen LogP contribution in [0.1, 0.15) is 6.42 Å². The number of allylic oxidation sites excluding steroid dienone is 1. The van der Waals surface area contributed by atoms with Crippen LogP contribution in [-0.2, 0) is 4.74 Å². The van der Waals surface area contributed by atoms with Gasteiger partial charge in [0.15, 0.2) is 0 Å². The maximum Gasteiger partial charge on any atom is 0.138 e. The molecule has 3 atom stereocenters. The highest BCUT2D eigenvalue weighted by Gasteiger charge is 2.37. The van der Waals surface area contributed by atoms with E-state index in [1.807, 2.05) is 0 Å². The molecular formula is C11H16N2O3. The van der Waals surface area contributed by atoms with Crippen molar-refractivity contribution in [2.45, 2.75) is 24.9 Å². The molecule has 0 aromatic carbocycles. The molecule has 0 aromatic rings. The Bertz CT molecular complexity index is 340. The second-order valence-electron chi connectivity index (χ2n) is 3.93. The molecule has 2 rings (SSSR count). The van der Waals surface area contributed by atoms with Crippen LogP contribution in [0.4, 0.5) is 0 Å².